The zero-order valence-electron chi connectivity index (χ0n) is 20.5. The summed E-state index contributed by atoms with van der Waals surface area (Å²) in [6.45, 7) is 8.44. The third kappa shape index (κ3) is 27.9. The van der Waals surface area contributed by atoms with Crippen molar-refractivity contribution >= 4 is 0 Å². The molecule has 0 radical (unpaired) electrons. The van der Waals surface area contributed by atoms with E-state index in [-0.39, 0.29) is 0 Å². The van der Waals surface area contributed by atoms with Crippen molar-refractivity contribution in [2.75, 3.05) is 26.4 Å². The molecule has 0 aromatic rings. The highest BCUT2D eigenvalue weighted by atomic mass is 16.5. The number of hydrogen-bond acceptors (Lipinski definition) is 2. The van der Waals surface area contributed by atoms with E-state index in [0.29, 0.717) is 0 Å². The molecule has 0 atom stereocenters. The topological polar surface area (TPSA) is 18.5 Å². The molecule has 29 heavy (non-hydrogen) atoms. The van der Waals surface area contributed by atoms with Gasteiger partial charge in [0.1, 0.15) is 0 Å². The monoisotopic (exact) mass is 412 g/mol. The lowest BCUT2D eigenvalue weighted by molar-refractivity contribution is 0.121. The van der Waals surface area contributed by atoms with Gasteiger partial charge in [0.25, 0.3) is 0 Å². The number of unbranched alkanes of at least 4 members (excludes halogenated alkanes) is 18. The molecule has 0 heterocycles. The number of rotatable bonds is 26. The van der Waals surface area contributed by atoms with Gasteiger partial charge in [-0.1, -0.05) is 123 Å². The second-order valence-corrected chi connectivity index (χ2v) is 8.94. The van der Waals surface area contributed by atoms with E-state index < -0.39 is 0 Å². The Balaban J connectivity index is 2.97. The zero-order chi connectivity index (χ0) is 21.1. The summed E-state index contributed by atoms with van der Waals surface area (Å²) in [6.07, 6.45) is 28.5. The average molecular weight is 413 g/mol. The highest BCUT2D eigenvalue weighted by Crippen LogP contribution is 2.10. The van der Waals surface area contributed by atoms with Crippen molar-refractivity contribution < 1.29 is 9.47 Å². The van der Waals surface area contributed by atoms with Crippen molar-refractivity contribution in [2.45, 2.75) is 149 Å². The average Bonchev–Trinajstić information content (AvgIpc) is 2.74. The molecule has 0 aliphatic heterocycles. The molecule has 0 bridgehead atoms. The minimum atomic E-state index is 0.964. The van der Waals surface area contributed by atoms with Crippen molar-refractivity contribution in [1.82, 2.24) is 0 Å². The van der Waals surface area contributed by atoms with Gasteiger partial charge in [-0.3, -0.25) is 0 Å². The van der Waals surface area contributed by atoms with Gasteiger partial charge in [-0.05, 0) is 25.7 Å². The Morgan fingerprint density at radius 2 is 0.483 bits per heavy atom. The van der Waals surface area contributed by atoms with E-state index in [1.165, 1.54) is 135 Å². The van der Waals surface area contributed by atoms with Crippen LogP contribution in [0.4, 0.5) is 0 Å². The SMILES string of the molecule is CCCCCCCCCCOCCCCCCCOCCCCCCCCCC. The van der Waals surface area contributed by atoms with E-state index in [1.54, 1.807) is 0 Å². The van der Waals surface area contributed by atoms with Crippen LogP contribution in [0.2, 0.25) is 0 Å². The lowest BCUT2D eigenvalue weighted by atomic mass is 10.1. The van der Waals surface area contributed by atoms with E-state index >= 15 is 0 Å². The Hall–Kier alpha value is -0.0800. The van der Waals surface area contributed by atoms with Crippen LogP contribution in [0, 0.1) is 0 Å². The second kappa shape index (κ2) is 27.9. The first-order chi connectivity index (χ1) is 14.4. The first-order valence-corrected chi connectivity index (χ1v) is 13.6. The highest BCUT2D eigenvalue weighted by Gasteiger charge is 1.95. The first-order valence-electron chi connectivity index (χ1n) is 13.6. The molecule has 0 spiro atoms. The van der Waals surface area contributed by atoms with Crippen molar-refractivity contribution in [3.8, 4) is 0 Å². The molecule has 0 aromatic carbocycles. The Kier molecular flexibility index (Phi) is 27.8. The van der Waals surface area contributed by atoms with Gasteiger partial charge in [-0.15, -0.1) is 0 Å². The minimum Gasteiger partial charge on any atom is -0.381 e. The van der Waals surface area contributed by atoms with Gasteiger partial charge in [0.05, 0.1) is 0 Å². The van der Waals surface area contributed by atoms with Crippen molar-refractivity contribution in [3.05, 3.63) is 0 Å². The fourth-order valence-corrected chi connectivity index (χ4v) is 3.82. The van der Waals surface area contributed by atoms with Crippen molar-refractivity contribution in [1.29, 1.82) is 0 Å². The highest BCUT2D eigenvalue weighted by molar-refractivity contribution is 4.48. The summed E-state index contributed by atoms with van der Waals surface area (Å²) in [5.74, 6) is 0. The largest absolute Gasteiger partial charge is 0.381 e. The summed E-state index contributed by atoms with van der Waals surface area (Å²) < 4.78 is 11.5. The van der Waals surface area contributed by atoms with Crippen LogP contribution in [0.25, 0.3) is 0 Å². The molecule has 0 saturated heterocycles. The number of ether oxygens (including phenoxy) is 2. The molecule has 0 N–H and O–H groups in total. The van der Waals surface area contributed by atoms with Gasteiger partial charge in [0.15, 0.2) is 0 Å². The summed E-state index contributed by atoms with van der Waals surface area (Å²) in [4.78, 5) is 0. The van der Waals surface area contributed by atoms with Crippen LogP contribution >= 0.6 is 0 Å². The zero-order valence-corrected chi connectivity index (χ0v) is 20.5. The summed E-state index contributed by atoms with van der Waals surface area (Å²) in [5.41, 5.74) is 0. The van der Waals surface area contributed by atoms with Crippen LogP contribution in [0.1, 0.15) is 149 Å². The Morgan fingerprint density at radius 1 is 0.276 bits per heavy atom. The van der Waals surface area contributed by atoms with Gasteiger partial charge >= 0.3 is 0 Å². The molecular formula is C27H56O2. The number of hydrogen-bond donors (Lipinski definition) is 0. The predicted octanol–water partition coefficient (Wildman–Crippen LogP) is 9.25. The molecule has 0 saturated carbocycles. The van der Waals surface area contributed by atoms with Crippen LogP contribution < -0.4 is 0 Å². The van der Waals surface area contributed by atoms with Crippen LogP contribution in [-0.4, -0.2) is 26.4 Å². The third-order valence-corrected chi connectivity index (χ3v) is 5.86. The standard InChI is InChI=1S/C27H56O2/c1-3-5-7-9-11-13-16-20-24-28-26-22-18-15-19-23-27-29-25-21-17-14-12-10-8-6-4-2/h3-27H2,1-2H3. The van der Waals surface area contributed by atoms with Crippen molar-refractivity contribution in [2.24, 2.45) is 0 Å². The van der Waals surface area contributed by atoms with Gasteiger partial charge in [-0.25, -0.2) is 0 Å². The van der Waals surface area contributed by atoms with E-state index in [4.69, 9.17) is 9.47 Å². The van der Waals surface area contributed by atoms with Gasteiger partial charge in [0.2, 0.25) is 0 Å². The van der Waals surface area contributed by atoms with Gasteiger partial charge in [0, 0.05) is 26.4 Å². The quantitative estimate of drug-likeness (QED) is 0.132. The van der Waals surface area contributed by atoms with Crippen LogP contribution in [0.3, 0.4) is 0 Å². The third-order valence-electron chi connectivity index (χ3n) is 5.86. The summed E-state index contributed by atoms with van der Waals surface area (Å²) in [6, 6.07) is 0. The molecule has 0 rings (SSSR count). The molecule has 2 heteroatoms. The van der Waals surface area contributed by atoms with Gasteiger partial charge in [-0.2, -0.15) is 0 Å². The Morgan fingerprint density at radius 3 is 0.724 bits per heavy atom. The molecule has 0 unspecified atom stereocenters. The molecule has 176 valence electrons. The van der Waals surface area contributed by atoms with E-state index in [9.17, 15) is 0 Å². The van der Waals surface area contributed by atoms with Gasteiger partial charge < -0.3 is 9.47 Å². The molecule has 2 nitrogen and oxygen atoms in total. The molecule has 0 aliphatic rings. The van der Waals surface area contributed by atoms with E-state index in [0.717, 1.165) is 26.4 Å². The molecule has 0 aromatic heterocycles. The second-order valence-electron chi connectivity index (χ2n) is 8.94. The lowest BCUT2D eigenvalue weighted by Gasteiger charge is -2.06. The molecular weight excluding hydrogens is 356 g/mol. The van der Waals surface area contributed by atoms with E-state index in [1.807, 2.05) is 0 Å². The van der Waals surface area contributed by atoms with Crippen molar-refractivity contribution in [3.63, 3.8) is 0 Å². The first kappa shape index (κ1) is 28.9. The maximum absolute atomic E-state index is 5.77. The molecule has 0 fully saturated rings. The predicted molar refractivity (Wildman–Crippen MR) is 130 cm³/mol. The summed E-state index contributed by atoms with van der Waals surface area (Å²) in [7, 11) is 0. The molecule has 0 amide bonds. The smallest absolute Gasteiger partial charge is 0.0466 e. The fraction of sp³-hybridized carbons (Fsp3) is 1.00. The summed E-state index contributed by atoms with van der Waals surface area (Å²) >= 11 is 0. The van der Waals surface area contributed by atoms with Crippen LogP contribution in [-0.2, 0) is 9.47 Å². The van der Waals surface area contributed by atoms with Crippen LogP contribution in [0.5, 0.6) is 0 Å². The summed E-state index contributed by atoms with van der Waals surface area (Å²) in [5, 5.41) is 0. The minimum absolute atomic E-state index is 0.964. The van der Waals surface area contributed by atoms with E-state index in [2.05, 4.69) is 13.8 Å². The maximum atomic E-state index is 5.77. The molecule has 0 aliphatic carbocycles. The Bertz CT molecular complexity index is 241. The van der Waals surface area contributed by atoms with Crippen LogP contribution in [0.15, 0.2) is 0 Å². The Labute approximate surface area is 184 Å². The normalized spacial score (nSPS) is 11.4. The fourth-order valence-electron chi connectivity index (χ4n) is 3.82. The maximum Gasteiger partial charge on any atom is 0.0466 e. The lowest BCUT2D eigenvalue weighted by Crippen LogP contribution is -1.98.